The monoisotopic (exact) mass is 318 g/mol. The number of carbonyl (C=O) groups is 1. The summed E-state index contributed by atoms with van der Waals surface area (Å²) in [5.41, 5.74) is 8.99. The Hall–Kier alpha value is -1.81. The van der Waals surface area contributed by atoms with Gasteiger partial charge in [-0.1, -0.05) is 34.1 Å². The number of benzene rings is 2. The van der Waals surface area contributed by atoms with Gasteiger partial charge in [0, 0.05) is 22.3 Å². The van der Waals surface area contributed by atoms with E-state index in [1.807, 2.05) is 49.4 Å². The lowest BCUT2D eigenvalue weighted by Gasteiger charge is -2.09. The van der Waals surface area contributed by atoms with Crippen LogP contribution in [0.15, 0.2) is 46.9 Å². The average Bonchev–Trinajstić information content (AvgIpc) is 2.41. The van der Waals surface area contributed by atoms with E-state index in [4.69, 9.17) is 5.73 Å². The lowest BCUT2D eigenvalue weighted by atomic mass is 10.1. The highest BCUT2D eigenvalue weighted by atomic mass is 79.9. The quantitative estimate of drug-likeness (QED) is 0.853. The van der Waals surface area contributed by atoms with Gasteiger partial charge in [-0.25, -0.2) is 0 Å². The Labute approximate surface area is 121 Å². The molecule has 2 rings (SSSR count). The summed E-state index contributed by atoms with van der Waals surface area (Å²) in [5, 5.41) is 2.90. The van der Waals surface area contributed by atoms with Crippen LogP contribution in [0.3, 0.4) is 0 Å². The van der Waals surface area contributed by atoms with Gasteiger partial charge in [0.15, 0.2) is 0 Å². The third kappa shape index (κ3) is 3.35. The van der Waals surface area contributed by atoms with E-state index in [9.17, 15) is 4.79 Å². The van der Waals surface area contributed by atoms with Gasteiger partial charge in [-0.3, -0.25) is 4.79 Å². The molecule has 98 valence electrons. The molecule has 0 heterocycles. The number of amides is 1. The molecule has 2 aromatic carbocycles. The van der Waals surface area contributed by atoms with Crippen molar-refractivity contribution in [2.75, 3.05) is 5.73 Å². The zero-order valence-corrected chi connectivity index (χ0v) is 12.2. The fourth-order valence-corrected chi connectivity index (χ4v) is 2.13. The van der Waals surface area contributed by atoms with Crippen LogP contribution in [0.1, 0.15) is 21.5 Å². The maximum atomic E-state index is 12.1. The predicted octanol–water partition coefficient (Wildman–Crippen LogP) is 3.27. The summed E-state index contributed by atoms with van der Waals surface area (Å²) in [6.45, 7) is 2.41. The smallest absolute Gasteiger partial charge is 0.251 e. The van der Waals surface area contributed by atoms with Crippen molar-refractivity contribution in [3.05, 3.63) is 63.6 Å². The van der Waals surface area contributed by atoms with E-state index in [0.29, 0.717) is 12.1 Å². The molecule has 0 fully saturated rings. The van der Waals surface area contributed by atoms with E-state index in [1.165, 1.54) is 0 Å². The Morgan fingerprint density at radius 1 is 1.21 bits per heavy atom. The first-order valence-corrected chi connectivity index (χ1v) is 6.75. The first-order chi connectivity index (χ1) is 9.08. The standard InChI is InChI=1S/C15H15BrN2O/c1-10-13(3-2-4-14(10)16)15(19)18-9-11-5-7-12(17)8-6-11/h2-8H,9,17H2,1H3,(H,18,19). The average molecular weight is 319 g/mol. The first kappa shape index (κ1) is 13.6. The largest absolute Gasteiger partial charge is 0.399 e. The number of nitrogens with two attached hydrogens (primary N) is 1. The molecule has 3 nitrogen and oxygen atoms in total. The highest BCUT2D eigenvalue weighted by Crippen LogP contribution is 2.19. The molecule has 1 amide bonds. The fraction of sp³-hybridized carbons (Fsp3) is 0.133. The Kier molecular flexibility index (Phi) is 4.22. The van der Waals surface area contributed by atoms with Gasteiger partial charge in [-0.15, -0.1) is 0 Å². The molecule has 0 aliphatic rings. The lowest BCUT2D eigenvalue weighted by molar-refractivity contribution is 0.0950. The van der Waals surface area contributed by atoms with E-state index in [0.717, 1.165) is 21.3 Å². The zero-order valence-electron chi connectivity index (χ0n) is 10.6. The van der Waals surface area contributed by atoms with E-state index in [1.54, 1.807) is 0 Å². The minimum Gasteiger partial charge on any atom is -0.399 e. The van der Waals surface area contributed by atoms with Crippen molar-refractivity contribution in [1.29, 1.82) is 0 Å². The van der Waals surface area contributed by atoms with Crippen molar-refractivity contribution in [1.82, 2.24) is 5.32 Å². The highest BCUT2D eigenvalue weighted by molar-refractivity contribution is 9.10. The molecule has 0 aliphatic heterocycles. The van der Waals surface area contributed by atoms with Crippen LogP contribution in [0, 0.1) is 6.92 Å². The molecule has 0 saturated heterocycles. The molecule has 3 N–H and O–H groups in total. The van der Waals surface area contributed by atoms with E-state index in [2.05, 4.69) is 21.2 Å². The molecule has 0 unspecified atom stereocenters. The molecular weight excluding hydrogens is 304 g/mol. The van der Waals surface area contributed by atoms with Crippen molar-refractivity contribution >= 4 is 27.5 Å². The molecule has 0 radical (unpaired) electrons. The van der Waals surface area contributed by atoms with Gasteiger partial charge in [0.05, 0.1) is 0 Å². The number of nitrogen functional groups attached to an aromatic ring is 1. The molecule has 0 atom stereocenters. The minimum atomic E-state index is -0.0735. The van der Waals surface area contributed by atoms with E-state index < -0.39 is 0 Å². The fourth-order valence-electron chi connectivity index (χ4n) is 1.77. The third-order valence-corrected chi connectivity index (χ3v) is 3.80. The summed E-state index contributed by atoms with van der Waals surface area (Å²) in [6.07, 6.45) is 0. The van der Waals surface area contributed by atoms with Crippen LogP contribution >= 0.6 is 15.9 Å². The van der Waals surface area contributed by atoms with Crippen LogP contribution in [-0.4, -0.2) is 5.91 Å². The Bertz CT molecular complexity index is 594. The van der Waals surface area contributed by atoms with Gasteiger partial charge < -0.3 is 11.1 Å². The number of carbonyl (C=O) groups excluding carboxylic acids is 1. The normalized spacial score (nSPS) is 10.2. The summed E-state index contributed by atoms with van der Waals surface area (Å²) < 4.78 is 0.938. The van der Waals surface area contributed by atoms with Gasteiger partial charge in [0.25, 0.3) is 5.91 Å². The SMILES string of the molecule is Cc1c(Br)cccc1C(=O)NCc1ccc(N)cc1. The molecule has 2 aromatic rings. The second kappa shape index (κ2) is 5.89. The molecule has 0 saturated carbocycles. The Morgan fingerprint density at radius 3 is 2.58 bits per heavy atom. The van der Waals surface area contributed by atoms with Crippen molar-refractivity contribution < 1.29 is 4.79 Å². The van der Waals surface area contributed by atoms with Crippen LogP contribution < -0.4 is 11.1 Å². The van der Waals surface area contributed by atoms with Crippen molar-refractivity contribution in [2.24, 2.45) is 0 Å². The predicted molar refractivity (Wildman–Crippen MR) is 80.9 cm³/mol. The number of hydrogen-bond donors (Lipinski definition) is 2. The van der Waals surface area contributed by atoms with Crippen molar-refractivity contribution in [2.45, 2.75) is 13.5 Å². The number of nitrogens with one attached hydrogen (secondary N) is 1. The van der Waals surface area contributed by atoms with Gasteiger partial charge >= 0.3 is 0 Å². The lowest BCUT2D eigenvalue weighted by Crippen LogP contribution is -2.23. The second-order valence-electron chi connectivity index (χ2n) is 4.34. The Balaban J connectivity index is 2.05. The van der Waals surface area contributed by atoms with Crippen molar-refractivity contribution in [3.63, 3.8) is 0 Å². The van der Waals surface area contributed by atoms with Gasteiger partial charge in [0.2, 0.25) is 0 Å². The van der Waals surface area contributed by atoms with Gasteiger partial charge in [0.1, 0.15) is 0 Å². The van der Waals surface area contributed by atoms with Crippen LogP contribution in [0.25, 0.3) is 0 Å². The number of anilines is 1. The molecule has 0 aromatic heterocycles. The number of halogens is 1. The molecular formula is C15H15BrN2O. The van der Waals surface area contributed by atoms with E-state index >= 15 is 0 Å². The summed E-state index contributed by atoms with van der Waals surface area (Å²) >= 11 is 3.42. The first-order valence-electron chi connectivity index (χ1n) is 5.95. The molecule has 19 heavy (non-hydrogen) atoms. The summed E-state index contributed by atoms with van der Waals surface area (Å²) in [5.74, 6) is -0.0735. The number of hydrogen-bond acceptors (Lipinski definition) is 2. The van der Waals surface area contributed by atoms with Crippen molar-refractivity contribution in [3.8, 4) is 0 Å². The molecule has 4 heteroatoms. The van der Waals surface area contributed by atoms with Crippen LogP contribution in [-0.2, 0) is 6.54 Å². The second-order valence-corrected chi connectivity index (χ2v) is 5.19. The minimum absolute atomic E-state index is 0.0735. The molecule has 0 aliphatic carbocycles. The maximum Gasteiger partial charge on any atom is 0.251 e. The maximum absolute atomic E-state index is 12.1. The summed E-state index contributed by atoms with van der Waals surface area (Å²) in [4.78, 5) is 12.1. The highest BCUT2D eigenvalue weighted by Gasteiger charge is 2.10. The van der Waals surface area contributed by atoms with Crippen LogP contribution in [0.5, 0.6) is 0 Å². The van der Waals surface area contributed by atoms with Crippen LogP contribution in [0.4, 0.5) is 5.69 Å². The summed E-state index contributed by atoms with van der Waals surface area (Å²) in [6, 6.07) is 13.1. The van der Waals surface area contributed by atoms with Gasteiger partial charge in [-0.05, 0) is 42.3 Å². The molecule has 0 spiro atoms. The molecule has 0 bridgehead atoms. The number of rotatable bonds is 3. The Morgan fingerprint density at radius 2 is 1.89 bits per heavy atom. The summed E-state index contributed by atoms with van der Waals surface area (Å²) in [7, 11) is 0. The zero-order chi connectivity index (χ0) is 13.8. The van der Waals surface area contributed by atoms with Crippen LogP contribution in [0.2, 0.25) is 0 Å². The third-order valence-electron chi connectivity index (χ3n) is 2.95. The van der Waals surface area contributed by atoms with E-state index in [-0.39, 0.29) is 5.91 Å². The van der Waals surface area contributed by atoms with Gasteiger partial charge in [-0.2, -0.15) is 0 Å². The topological polar surface area (TPSA) is 55.1 Å².